The lowest BCUT2D eigenvalue weighted by atomic mass is 10.2. The van der Waals surface area contributed by atoms with Gasteiger partial charge < -0.3 is 4.52 Å². The number of hydrogen-bond donors (Lipinski definition) is 0. The lowest BCUT2D eigenvalue weighted by Gasteiger charge is -1.96. The summed E-state index contributed by atoms with van der Waals surface area (Å²) in [7, 11) is 0. The second kappa shape index (κ2) is 5.12. The predicted molar refractivity (Wildman–Crippen MR) is 71.8 cm³/mol. The molecule has 0 radical (unpaired) electrons. The molecule has 0 spiro atoms. The van der Waals surface area contributed by atoms with Crippen molar-refractivity contribution in [3.05, 3.63) is 64.5 Å². The van der Waals surface area contributed by atoms with E-state index in [9.17, 15) is 14.5 Å². The monoisotopic (exact) mass is 285 g/mol. The maximum atomic E-state index is 12.9. The molecule has 1 heterocycles. The number of aromatic nitrogens is 2. The van der Waals surface area contributed by atoms with Crippen molar-refractivity contribution >= 4 is 5.69 Å². The predicted octanol–water partition coefficient (Wildman–Crippen LogP) is 3.45. The normalized spacial score (nSPS) is 10.5. The summed E-state index contributed by atoms with van der Waals surface area (Å²) in [5, 5.41) is 14.7. The fourth-order valence-electron chi connectivity index (χ4n) is 1.86. The first kappa shape index (κ1) is 12.9. The molecule has 0 fully saturated rings. The second-order valence-corrected chi connectivity index (χ2v) is 4.20. The first-order chi connectivity index (χ1) is 10.1. The van der Waals surface area contributed by atoms with Crippen LogP contribution in [0.1, 0.15) is 0 Å². The molecule has 0 saturated carbocycles. The molecule has 0 aliphatic carbocycles. The lowest BCUT2D eigenvalue weighted by molar-refractivity contribution is -0.384. The van der Waals surface area contributed by atoms with E-state index in [0.29, 0.717) is 5.56 Å². The molecular formula is C14H8FN3O3. The van der Waals surface area contributed by atoms with Crippen LogP contribution in [0.4, 0.5) is 10.1 Å². The van der Waals surface area contributed by atoms with Gasteiger partial charge in [-0.15, -0.1) is 0 Å². The number of nitro benzene ring substituents is 1. The number of nitro groups is 1. The van der Waals surface area contributed by atoms with Crippen molar-refractivity contribution in [2.24, 2.45) is 0 Å². The van der Waals surface area contributed by atoms with Crippen molar-refractivity contribution in [2.75, 3.05) is 0 Å². The Morgan fingerprint density at radius 3 is 2.52 bits per heavy atom. The van der Waals surface area contributed by atoms with Gasteiger partial charge in [-0.1, -0.05) is 17.3 Å². The number of halogens is 1. The summed E-state index contributed by atoms with van der Waals surface area (Å²) in [5.74, 6) is -0.0917. The maximum Gasteiger partial charge on any atom is 0.282 e. The molecule has 2 aromatic carbocycles. The molecule has 0 unspecified atom stereocenters. The summed E-state index contributed by atoms with van der Waals surface area (Å²) >= 11 is 0. The van der Waals surface area contributed by atoms with Crippen molar-refractivity contribution in [3.63, 3.8) is 0 Å². The van der Waals surface area contributed by atoms with Gasteiger partial charge in [-0.05, 0) is 30.3 Å². The molecule has 7 heteroatoms. The van der Waals surface area contributed by atoms with Crippen molar-refractivity contribution in [3.8, 4) is 22.8 Å². The molecule has 104 valence electrons. The van der Waals surface area contributed by atoms with Gasteiger partial charge >= 0.3 is 0 Å². The Labute approximate surface area is 118 Å². The Morgan fingerprint density at radius 1 is 1.10 bits per heavy atom. The first-order valence-corrected chi connectivity index (χ1v) is 5.98. The highest BCUT2D eigenvalue weighted by Crippen LogP contribution is 2.29. The van der Waals surface area contributed by atoms with Gasteiger partial charge in [0.15, 0.2) is 0 Å². The Bertz CT molecular complexity index is 799. The second-order valence-electron chi connectivity index (χ2n) is 4.20. The lowest BCUT2D eigenvalue weighted by Crippen LogP contribution is -1.91. The molecule has 0 amide bonds. The highest BCUT2D eigenvalue weighted by molar-refractivity contribution is 5.68. The average Bonchev–Trinajstić information content (AvgIpc) is 2.97. The molecule has 0 atom stereocenters. The van der Waals surface area contributed by atoms with E-state index in [2.05, 4.69) is 10.1 Å². The van der Waals surface area contributed by atoms with E-state index in [-0.39, 0.29) is 28.8 Å². The van der Waals surface area contributed by atoms with Crippen LogP contribution >= 0.6 is 0 Å². The van der Waals surface area contributed by atoms with Crippen molar-refractivity contribution in [2.45, 2.75) is 0 Å². The minimum Gasteiger partial charge on any atom is -0.333 e. The minimum absolute atomic E-state index is 0.0432. The van der Waals surface area contributed by atoms with E-state index in [0.717, 1.165) is 0 Å². The van der Waals surface area contributed by atoms with E-state index in [1.54, 1.807) is 12.1 Å². The number of para-hydroxylation sites is 1. The Morgan fingerprint density at radius 2 is 1.81 bits per heavy atom. The van der Waals surface area contributed by atoms with Gasteiger partial charge in [-0.25, -0.2) is 4.39 Å². The molecule has 0 aliphatic heterocycles. The summed E-state index contributed by atoms with van der Waals surface area (Å²) < 4.78 is 17.9. The zero-order valence-electron chi connectivity index (χ0n) is 10.6. The summed E-state index contributed by atoms with van der Waals surface area (Å²) in [5.41, 5.74) is 0.681. The summed E-state index contributed by atoms with van der Waals surface area (Å²) in [6.45, 7) is 0. The zero-order chi connectivity index (χ0) is 14.8. The smallest absolute Gasteiger partial charge is 0.282 e. The molecule has 3 rings (SSSR count). The van der Waals surface area contributed by atoms with Gasteiger partial charge in [-0.2, -0.15) is 4.98 Å². The van der Waals surface area contributed by atoms with E-state index in [1.165, 1.54) is 36.4 Å². The minimum atomic E-state index is -0.517. The van der Waals surface area contributed by atoms with Crippen molar-refractivity contribution in [1.29, 1.82) is 0 Å². The van der Waals surface area contributed by atoms with Crippen LogP contribution < -0.4 is 0 Å². The van der Waals surface area contributed by atoms with Gasteiger partial charge in [0.05, 0.1) is 4.92 Å². The fraction of sp³-hybridized carbons (Fsp3) is 0. The quantitative estimate of drug-likeness (QED) is 0.543. The average molecular weight is 285 g/mol. The van der Waals surface area contributed by atoms with E-state index >= 15 is 0 Å². The van der Waals surface area contributed by atoms with Crippen LogP contribution in [0, 0.1) is 15.9 Å². The fourth-order valence-corrected chi connectivity index (χ4v) is 1.86. The van der Waals surface area contributed by atoms with Crippen LogP contribution in [0.3, 0.4) is 0 Å². The molecule has 3 aromatic rings. The van der Waals surface area contributed by atoms with Crippen molar-refractivity contribution < 1.29 is 13.8 Å². The van der Waals surface area contributed by atoms with Gasteiger partial charge in [0.1, 0.15) is 11.4 Å². The summed E-state index contributed by atoms with van der Waals surface area (Å²) in [6.07, 6.45) is 0. The maximum absolute atomic E-state index is 12.9. The standard InChI is InChI=1S/C14H8FN3O3/c15-10-7-5-9(6-8-10)13-16-14(21-17-13)11-3-1-2-4-12(11)18(19)20/h1-8H. The van der Waals surface area contributed by atoms with Crippen LogP contribution in [0.2, 0.25) is 0 Å². The van der Waals surface area contributed by atoms with E-state index < -0.39 is 4.92 Å². The van der Waals surface area contributed by atoms with Crippen LogP contribution in [0.25, 0.3) is 22.8 Å². The van der Waals surface area contributed by atoms with Gasteiger partial charge in [0.25, 0.3) is 11.6 Å². The van der Waals surface area contributed by atoms with Crippen LogP contribution in [-0.4, -0.2) is 15.1 Å². The third-order valence-electron chi connectivity index (χ3n) is 2.86. The molecule has 0 aliphatic rings. The van der Waals surface area contributed by atoms with Crippen molar-refractivity contribution in [1.82, 2.24) is 10.1 Å². The number of rotatable bonds is 3. The van der Waals surface area contributed by atoms with E-state index in [4.69, 9.17) is 4.52 Å². The summed E-state index contributed by atoms with van der Waals surface area (Å²) in [4.78, 5) is 14.6. The third-order valence-corrected chi connectivity index (χ3v) is 2.86. The molecular weight excluding hydrogens is 277 g/mol. The first-order valence-electron chi connectivity index (χ1n) is 5.98. The third kappa shape index (κ3) is 2.48. The van der Waals surface area contributed by atoms with Gasteiger partial charge in [0, 0.05) is 11.6 Å². The molecule has 21 heavy (non-hydrogen) atoms. The molecule has 1 aromatic heterocycles. The highest BCUT2D eigenvalue weighted by atomic mass is 19.1. The number of hydrogen-bond acceptors (Lipinski definition) is 5. The SMILES string of the molecule is O=[N+]([O-])c1ccccc1-c1nc(-c2ccc(F)cc2)no1. The molecule has 0 N–H and O–H groups in total. The Kier molecular flexibility index (Phi) is 3.15. The van der Waals surface area contributed by atoms with Crippen LogP contribution in [0.5, 0.6) is 0 Å². The Hall–Kier alpha value is -3.09. The van der Waals surface area contributed by atoms with Crippen LogP contribution in [0.15, 0.2) is 53.1 Å². The van der Waals surface area contributed by atoms with E-state index in [1.807, 2.05) is 0 Å². The number of benzene rings is 2. The van der Waals surface area contributed by atoms with Gasteiger partial charge in [0.2, 0.25) is 5.82 Å². The highest BCUT2D eigenvalue weighted by Gasteiger charge is 2.20. The van der Waals surface area contributed by atoms with Gasteiger partial charge in [-0.3, -0.25) is 10.1 Å². The Balaban J connectivity index is 2.03. The molecule has 0 bridgehead atoms. The zero-order valence-corrected chi connectivity index (χ0v) is 10.6. The topological polar surface area (TPSA) is 82.1 Å². The van der Waals surface area contributed by atoms with Crippen LogP contribution in [-0.2, 0) is 0 Å². The molecule has 6 nitrogen and oxygen atoms in total. The molecule has 0 saturated heterocycles. The largest absolute Gasteiger partial charge is 0.333 e. The number of nitrogens with zero attached hydrogens (tertiary/aromatic N) is 3. The summed E-state index contributed by atoms with van der Waals surface area (Å²) in [6, 6.07) is 11.6.